The zero-order chi connectivity index (χ0) is 12.8. The summed E-state index contributed by atoms with van der Waals surface area (Å²) in [6, 6.07) is 4.15. The van der Waals surface area contributed by atoms with E-state index < -0.39 is 19.1 Å². The van der Waals surface area contributed by atoms with Crippen LogP contribution < -0.4 is 5.46 Å². The normalized spacial score (nSPS) is 12.1. The van der Waals surface area contributed by atoms with Gasteiger partial charge in [0.25, 0.3) is 0 Å². The van der Waals surface area contributed by atoms with Crippen LogP contribution in [0, 0.1) is 0 Å². The third kappa shape index (κ3) is 1.89. The van der Waals surface area contributed by atoms with Crippen LogP contribution in [0.25, 0.3) is 11.0 Å². The van der Waals surface area contributed by atoms with Gasteiger partial charge in [0.15, 0.2) is 0 Å². The molecule has 2 rings (SSSR count). The molecule has 0 radical (unpaired) electrons. The molecule has 1 heterocycles. The summed E-state index contributed by atoms with van der Waals surface area (Å²) in [7, 11) is -0.653. The first-order valence-electron chi connectivity index (χ1n) is 4.71. The number of hydrogen-bond acceptors (Lipinski definition) is 3. The molecule has 4 nitrogen and oxygen atoms in total. The van der Waals surface area contributed by atoms with Crippen LogP contribution in [0.1, 0.15) is 5.82 Å². The second-order valence-electron chi connectivity index (χ2n) is 3.58. The van der Waals surface area contributed by atoms with E-state index in [0.717, 1.165) is 4.57 Å². The SMILES string of the molecule is Cn1c(C(F)(F)F)nc2cccc(B(O)O)c21. The Morgan fingerprint density at radius 3 is 2.47 bits per heavy atom. The second kappa shape index (κ2) is 3.74. The van der Waals surface area contributed by atoms with Crippen molar-refractivity contribution in [3.8, 4) is 0 Å². The van der Waals surface area contributed by atoms with Crippen LogP contribution >= 0.6 is 0 Å². The first-order chi connectivity index (χ1) is 7.82. The van der Waals surface area contributed by atoms with E-state index in [1.54, 1.807) is 0 Å². The lowest BCUT2D eigenvalue weighted by molar-refractivity contribution is -0.146. The maximum atomic E-state index is 12.6. The number of para-hydroxylation sites is 1. The fourth-order valence-corrected chi connectivity index (χ4v) is 1.76. The summed E-state index contributed by atoms with van der Waals surface area (Å²) in [5.74, 6) is -1.07. The monoisotopic (exact) mass is 244 g/mol. The molecule has 0 aliphatic rings. The van der Waals surface area contributed by atoms with Crippen molar-refractivity contribution in [2.45, 2.75) is 6.18 Å². The first kappa shape index (κ1) is 11.9. The van der Waals surface area contributed by atoms with Gasteiger partial charge < -0.3 is 14.6 Å². The van der Waals surface area contributed by atoms with Crippen LogP contribution in [0.3, 0.4) is 0 Å². The lowest BCUT2D eigenvalue weighted by atomic mass is 9.79. The predicted octanol–water partition coefficient (Wildman–Crippen LogP) is 0.272. The van der Waals surface area contributed by atoms with Crippen LogP contribution in [0.2, 0.25) is 0 Å². The lowest BCUT2D eigenvalue weighted by Crippen LogP contribution is -2.31. The van der Waals surface area contributed by atoms with Crippen molar-refractivity contribution in [2.24, 2.45) is 7.05 Å². The summed E-state index contributed by atoms with van der Waals surface area (Å²) >= 11 is 0. The molecular formula is C9H8BF3N2O2. The summed E-state index contributed by atoms with van der Waals surface area (Å²) in [5, 5.41) is 18.2. The van der Waals surface area contributed by atoms with Crippen molar-refractivity contribution in [1.29, 1.82) is 0 Å². The van der Waals surface area contributed by atoms with Crippen LogP contribution in [-0.2, 0) is 13.2 Å². The van der Waals surface area contributed by atoms with Crippen molar-refractivity contribution >= 4 is 23.6 Å². The fourth-order valence-electron chi connectivity index (χ4n) is 1.76. The summed E-state index contributed by atoms with van der Waals surface area (Å²) in [6.45, 7) is 0. The number of fused-ring (bicyclic) bond motifs is 1. The molecule has 0 aliphatic heterocycles. The number of halogens is 3. The summed E-state index contributed by atoms with van der Waals surface area (Å²) in [4.78, 5) is 3.44. The van der Waals surface area contributed by atoms with Crippen molar-refractivity contribution in [3.63, 3.8) is 0 Å². The molecule has 0 unspecified atom stereocenters. The second-order valence-corrected chi connectivity index (χ2v) is 3.58. The first-order valence-corrected chi connectivity index (χ1v) is 4.71. The van der Waals surface area contributed by atoms with E-state index in [1.165, 1.54) is 25.2 Å². The highest BCUT2D eigenvalue weighted by molar-refractivity contribution is 6.61. The average molecular weight is 244 g/mol. The number of alkyl halides is 3. The molecule has 2 aromatic rings. The maximum Gasteiger partial charge on any atom is 0.490 e. The Morgan fingerprint density at radius 1 is 1.29 bits per heavy atom. The smallest absolute Gasteiger partial charge is 0.423 e. The van der Waals surface area contributed by atoms with Gasteiger partial charge in [0, 0.05) is 12.5 Å². The fraction of sp³-hybridized carbons (Fsp3) is 0.222. The molecule has 0 atom stereocenters. The Bertz CT molecular complexity index is 565. The van der Waals surface area contributed by atoms with Gasteiger partial charge >= 0.3 is 13.3 Å². The Labute approximate surface area is 94.5 Å². The van der Waals surface area contributed by atoms with Gasteiger partial charge in [-0.1, -0.05) is 12.1 Å². The molecule has 0 spiro atoms. The number of aryl methyl sites for hydroxylation is 1. The molecule has 0 aliphatic carbocycles. The van der Waals surface area contributed by atoms with Gasteiger partial charge in [0.05, 0.1) is 11.0 Å². The highest BCUT2D eigenvalue weighted by Crippen LogP contribution is 2.30. The molecule has 17 heavy (non-hydrogen) atoms. The molecule has 2 N–H and O–H groups in total. The number of hydrogen-bond donors (Lipinski definition) is 2. The average Bonchev–Trinajstić information content (AvgIpc) is 2.55. The quantitative estimate of drug-likeness (QED) is 0.708. The Morgan fingerprint density at radius 2 is 1.94 bits per heavy atom. The van der Waals surface area contributed by atoms with Gasteiger partial charge in [0.2, 0.25) is 5.82 Å². The minimum absolute atomic E-state index is 0.00648. The van der Waals surface area contributed by atoms with E-state index in [9.17, 15) is 13.2 Å². The number of nitrogens with zero attached hydrogens (tertiary/aromatic N) is 2. The molecular weight excluding hydrogens is 236 g/mol. The molecule has 0 saturated carbocycles. The van der Waals surface area contributed by atoms with E-state index in [1.807, 2.05) is 0 Å². The zero-order valence-corrected chi connectivity index (χ0v) is 8.73. The van der Waals surface area contributed by atoms with Crippen LogP contribution in [0.15, 0.2) is 18.2 Å². The minimum atomic E-state index is -4.58. The predicted molar refractivity (Wildman–Crippen MR) is 55.5 cm³/mol. The van der Waals surface area contributed by atoms with Gasteiger partial charge in [0.1, 0.15) is 0 Å². The highest BCUT2D eigenvalue weighted by Gasteiger charge is 2.37. The van der Waals surface area contributed by atoms with Crippen molar-refractivity contribution in [3.05, 3.63) is 24.0 Å². The molecule has 1 aromatic heterocycles. The molecule has 8 heteroatoms. The van der Waals surface area contributed by atoms with E-state index in [0.29, 0.717) is 0 Å². The summed E-state index contributed by atoms with van der Waals surface area (Å²) in [5.41, 5.74) is 0.133. The number of benzene rings is 1. The minimum Gasteiger partial charge on any atom is -0.423 e. The van der Waals surface area contributed by atoms with E-state index in [2.05, 4.69) is 4.98 Å². The van der Waals surface area contributed by atoms with Gasteiger partial charge in [-0.3, -0.25) is 0 Å². The molecule has 0 amide bonds. The van der Waals surface area contributed by atoms with E-state index in [-0.39, 0.29) is 16.5 Å². The molecule has 1 aromatic carbocycles. The third-order valence-corrected chi connectivity index (χ3v) is 2.46. The van der Waals surface area contributed by atoms with Gasteiger partial charge in [-0.15, -0.1) is 0 Å². The van der Waals surface area contributed by atoms with E-state index in [4.69, 9.17) is 10.0 Å². The number of aromatic nitrogens is 2. The Hall–Kier alpha value is -1.54. The van der Waals surface area contributed by atoms with Crippen LogP contribution in [0.4, 0.5) is 13.2 Å². The largest absolute Gasteiger partial charge is 0.490 e. The standard InChI is InChI=1S/C9H8BF3N2O2/c1-15-7-5(10(16)17)3-2-4-6(7)14-8(15)9(11,12)13/h2-4,16-17H,1H3. The van der Waals surface area contributed by atoms with Crippen molar-refractivity contribution < 1.29 is 23.2 Å². The highest BCUT2D eigenvalue weighted by atomic mass is 19.4. The summed E-state index contributed by atoms with van der Waals surface area (Å²) in [6.07, 6.45) is -4.58. The lowest BCUT2D eigenvalue weighted by Gasteiger charge is -2.07. The van der Waals surface area contributed by atoms with Gasteiger partial charge in [-0.2, -0.15) is 13.2 Å². The zero-order valence-electron chi connectivity index (χ0n) is 8.73. The number of imidazole rings is 1. The van der Waals surface area contributed by atoms with Crippen molar-refractivity contribution in [1.82, 2.24) is 9.55 Å². The van der Waals surface area contributed by atoms with Crippen LogP contribution in [0.5, 0.6) is 0 Å². The molecule has 0 fully saturated rings. The topological polar surface area (TPSA) is 58.3 Å². The Balaban J connectivity index is 2.79. The summed E-state index contributed by atoms with van der Waals surface area (Å²) < 4.78 is 38.6. The Kier molecular flexibility index (Phi) is 2.63. The molecule has 0 bridgehead atoms. The molecule has 90 valence electrons. The van der Waals surface area contributed by atoms with Crippen molar-refractivity contribution in [2.75, 3.05) is 0 Å². The van der Waals surface area contributed by atoms with E-state index >= 15 is 0 Å². The van der Waals surface area contributed by atoms with Crippen LogP contribution in [-0.4, -0.2) is 26.7 Å². The van der Waals surface area contributed by atoms with Gasteiger partial charge in [-0.05, 0) is 6.07 Å². The van der Waals surface area contributed by atoms with Gasteiger partial charge in [-0.25, -0.2) is 4.98 Å². The molecule has 0 saturated heterocycles. The number of rotatable bonds is 1. The third-order valence-electron chi connectivity index (χ3n) is 2.46. The maximum absolute atomic E-state index is 12.6.